The molecule has 3 N–H and O–H groups in total. The molecule has 2 rings (SSSR count). The zero-order valence-electron chi connectivity index (χ0n) is 10.1. The van der Waals surface area contributed by atoms with Gasteiger partial charge < -0.3 is 15.4 Å². The predicted molar refractivity (Wildman–Crippen MR) is 70.1 cm³/mol. The van der Waals surface area contributed by atoms with Crippen molar-refractivity contribution in [3.63, 3.8) is 0 Å². The zero-order chi connectivity index (χ0) is 12.1. The Balaban J connectivity index is 1.98. The standard InChI is InChI=1S/C13H19N3O/c1-2-10(7-8-17)9-14-13-15-11-5-3-4-6-12(11)16-13/h3-6,10,17H,2,7-9H2,1H3,(H2,14,15,16). The molecule has 0 saturated heterocycles. The van der Waals surface area contributed by atoms with Crippen molar-refractivity contribution >= 4 is 17.0 Å². The first-order valence-corrected chi connectivity index (χ1v) is 6.13. The van der Waals surface area contributed by atoms with Gasteiger partial charge in [-0.1, -0.05) is 25.5 Å². The van der Waals surface area contributed by atoms with Crippen LogP contribution in [-0.2, 0) is 0 Å². The maximum Gasteiger partial charge on any atom is 0.201 e. The highest BCUT2D eigenvalue weighted by Gasteiger charge is 2.07. The van der Waals surface area contributed by atoms with Crippen molar-refractivity contribution < 1.29 is 5.11 Å². The van der Waals surface area contributed by atoms with Gasteiger partial charge in [-0.15, -0.1) is 0 Å². The summed E-state index contributed by atoms with van der Waals surface area (Å²) in [5.74, 6) is 1.30. The number of H-pyrrole nitrogens is 1. The van der Waals surface area contributed by atoms with Crippen molar-refractivity contribution in [2.45, 2.75) is 19.8 Å². The Kier molecular flexibility index (Phi) is 3.98. The van der Waals surface area contributed by atoms with Gasteiger partial charge in [-0.25, -0.2) is 4.98 Å². The predicted octanol–water partition coefficient (Wildman–Crippen LogP) is 2.38. The second-order valence-corrected chi connectivity index (χ2v) is 4.27. The molecule has 1 aromatic heterocycles. The normalized spacial score (nSPS) is 12.8. The lowest BCUT2D eigenvalue weighted by molar-refractivity contribution is 0.258. The Hall–Kier alpha value is -1.55. The molecule has 4 heteroatoms. The third-order valence-corrected chi connectivity index (χ3v) is 3.06. The summed E-state index contributed by atoms with van der Waals surface area (Å²) in [5, 5.41) is 12.2. The van der Waals surface area contributed by atoms with E-state index in [1.807, 2.05) is 24.3 Å². The smallest absolute Gasteiger partial charge is 0.201 e. The molecule has 0 fully saturated rings. The summed E-state index contributed by atoms with van der Waals surface area (Å²) in [6.07, 6.45) is 1.90. The number of hydrogen-bond acceptors (Lipinski definition) is 3. The number of nitrogens with one attached hydrogen (secondary N) is 2. The lowest BCUT2D eigenvalue weighted by atomic mass is 10.0. The van der Waals surface area contributed by atoms with Crippen LogP contribution in [0.15, 0.2) is 24.3 Å². The van der Waals surface area contributed by atoms with E-state index in [9.17, 15) is 0 Å². The first kappa shape index (κ1) is 11.9. The van der Waals surface area contributed by atoms with Crippen molar-refractivity contribution in [2.24, 2.45) is 5.92 Å². The van der Waals surface area contributed by atoms with Crippen LogP contribution in [0.1, 0.15) is 19.8 Å². The number of aromatic nitrogens is 2. The molecule has 0 aliphatic carbocycles. The van der Waals surface area contributed by atoms with Crippen LogP contribution in [-0.4, -0.2) is 28.2 Å². The minimum atomic E-state index is 0.250. The maximum atomic E-state index is 8.93. The van der Waals surface area contributed by atoms with E-state index in [0.717, 1.165) is 36.4 Å². The van der Waals surface area contributed by atoms with Crippen molar-refractivity contribution in [3.05, 3.63) is 24.3 Å². The van der Waals surface area contributed by atoms with Gasteiger partial charge in [-0.3, -0.25) is 0 Å². The second-order valence-electron chi connectivity index (χ2n) is 4.27. The Bertz CT molecular complexity index is 433. The van der Waals surface area contributed by atoms with Gasteiger partial charge in [0.25, 0.3) is 0 Å². The molecule has 1 aromatic carbocycles. The number of anilines is 1. The monoisotopic (exact) mass is 233 g/mol. The van der Waals surface area contributed by atoms with Crippen LogP contribution < -0.4 is 5.32 Å². The van der Waals surface area contributed by atoms with E-state index >= 15 is 0 Å². The highest BCUT2D eigenvalue weighted by atomic mass is 16.3. The zero-order valence-corrected chi connectivity index (χ0v) is 10.1. The minimum Gasteiger partial charge on any atom is -0.396 e. The van der Waals surface area contributed by atoms with Crippen molar-refractivity contribution in [1.29, 1.82) is 0 Å². The summed E-state index contributed by atoms with van der Waals surface area (Å²) in [7, 11) is 0. The molecular formula is C13H19N3O. The molecule has 1 heterocycles. The summed E-state index contributed by atoms with van der Waals surface area (Å²) < 4.78 is 0. The molecule has 4 nitrogen and oxygen atoms in total. The Morgan fingerprint density at radius 3 is 2.94 bits per heavy atom. The highest BCUT2D eigenvalue weighted by molar-refractivity contribution is 5.77. The second kappa shape index (κ2) is 5.68. The SMILES string of the molecule is CCC(CCO)CNc1nc2ccccc2[nH]1. The molecular weight excluding hydrogens is 214 g/mol. The molecule has 92 valence electrons. The van der Waals surface area contributed by atoms with E-state index in [0.29, 0.717) is 5.92 Å². The fraction of sp³-hybridized carbons (Fsp3) is 0.462. The average Bonchev–Trinajstić information content (AvgIpc) is 2.77. The number of nitrogens with zero attached hydrogens (tertiary/aromatic N) is 1. The number of aliphatic hydroxyl groups is 1. The first-order valence-electron chi connectivity index (χ1n) is 6.13. The summed E-state index contributed by atoms with van der Waals surface area (Å²) >= 11 is 0. The molecule has 1 unspecified atom stereocenters. The minimum absolute atomic E-state index is 0.250. The van der Waals surface area contributed by atoms with Gasteiger partial charge in [-0.05, 0) is 24.5 Å². The number of aliphatic hydroxyl groups excluding tert-OH is 1. The molecule has 0 aliphatic rings. The summed E-state index contributed by atoms with van der Waals surface area (Å²) in [4.78, 5) is 7.68. The van der Waals surface area contributed by atoms with E-state index in [1.165, 1.54) is 0 Å². The van der Waals surface area contributed by atoms with Crippen molar-refractivity contribution in [2.75, 3.05) is 18.5 Å². The number of benzene rings is 1. The quantitative estimate of drug-likeness (QED) is 0.718. The molecule has 2 aromatic rings. The van der Waals surface area contributed by atoms with Crippen LogP contribution in [0.25, 0.3) is 11.0 Å². The third-order valence-electron chi connectivity index (χ3n) is 3.06. The Morgan fingerprint density at radius 2 is 2.24 bits per heavy atom. The van der Waals surface area contributed by atoms with Crippen molar-refractivity contribution in [1.82, 2.24) is 9.97 Å². The summed E-state index contributed by atoms with van der Waals surface area (Å²) in [5.41, 5.74) is 2.02. The van der Waals surface area contributed by atoms with E-state index < -0.39 is 0 Å². The molecule has 17 heavy (non-hydrogen) atoms. The molecule has 0 bridgehead atoms. The lowest BCUT2D eigenvalue weighted by Gasteiger charge is -2.13. The van der Waals surface area contributed by atoms with Crippen LogP contribution in [0, 0.1) is 5.92 Å². The van der Waals surface area contributed by atoms with Gasteiger partial charge >= 0.3 is 0 Å². The number of fused-ring (bicyclic) bond motifs is 1. The third kappa shape index (κ3) is 2.97. The number of imidazole rings is 1. The number of aromatic amines is 1. The maximum absolute atomic E-state index is 8.93. The topological polar surface area (TPSA) is 60.9 Å². The van der Waals surface area contributed by atoms with Gasteiger partial charge in [0.15, 0.2) is 0 Å². The van der Waals surface area contributed by atoms with E-state index in [-0.39, 0.29) is 6.61 Å². The highest BCUT2D eigenvalue weighted by Crippen LogP contribution is 2.14. The average molecular weight is 233 g/mol. The first-order chi connectivity index (χ1) is 8.33. The van der Waals surface area contributed by atoms with E-state index in [2.05, 4.69) is 22.2 Å². The van der Waals surface area contributed by atoms with Crippen LogP contribution in [0.4, 0.5) is 5.95 Å². The van der Waals surface area contributed by atoms with Crippen LogP contribution >= 0.6 is 0 Å². The van der Waals surface area contributed by atoms with Crippen molar-refractivity contribution in [3.8, 4) is 0 Å². The number of para-hydroxylation sites is 2. The van der Waals surface area contributed by atoms with Gasteiger partial charge in [0.2, 0.25) is 5.95 Å². The van der Waals surface area contributed by atoms with E-state index in [4.69, 9.17) is 5.11 Å². The lowest BCUT2D eigenvalue weighted by Crippen LogP contribution is -2.15. The molecule has 0 spiro atoms. The number of rotatable bonds is 6. The fourth-order valence-corrected chi connectivity index (χ4v) is 1.91. The summed E-state index contributed by atoms with van der Waals surface area (Å²) in [6, 6.07) is 7.97. The fourth-order valence-electron chi connectivity index (χ4n) is 1.91. The van der Waals surface area contributed by atoms with Gasteiger partial charge in [0.1, 0.15) is 0 Å². The molecule has 0 radical (unpaired) electrons. The van der Waals surface area contributed by atoms with Crippen LogP contribution in [0.2, 0.25) is 0 Å². The van der Waals surface area contributed by atoms with Crippen LogP contribution in [0.3, 0.4) is 0 Å². The molecule has 0 saturated carbocycles. The summed E-state index contributed by atoms with van der Waals surface area (Å²) in [6.45, 7) is 3.23. The Labute approximate surface area is 101 Å². The van der Waals surface area contributed by atoms with Crippen LogP contribution in [0.5, 0.6) is 0 Å². The molecule has 1 atom stereocenters. The van der Waals surface area contributed by atoms with Gasteiger partial charge in [0, 0.05) is 13.2 Å². The molecule has 0 aliphatic heterocycles. The van der Waals surface area contributed by atoms with Gasteiger partial charge in [-0.2, -0.15) is 0 Å². The molecule has 0 amide bonds. The number of hydrogen-bond donors (Lipinski definition) is 3. The largest absolute Gasteiger partial charge is 0.396 e. The van der Waals surface area contributed by atoms with E-state index in [1.54, 1.807) is 0 Å². The van der Waals surface area contributed by atoms with Gasteiger partial charge in [0.05, 0.1) is 11.0 Å². The Morgan fingerprint density at radius 1 is 1.41 bits per heavy atom.